The van der Waals surface area contributed by atoms with Gasteiger partial charge in [0.25, 0.3) is 5.91 Å². The molecule has 156 valence electrons. The van der Waals surface area contributed by atoms with Crippen LogP contribution >= 0.6 is 0 Å². The van der Waals surface area contributed by atoms with Gasteiger partial charge in [0.1, 0.15) is 12.4 Å². The molecular formula is C21H24F3N3O2. The molecular weight excluding hydrogens is 383 g/mol. The minimum Gasteiger partial charge on any atom is -0.491 e. The van der Waals surface area contributed by atoms with Crippen LogP contribution in [0.15, 0.2) is 30.7 Å². The van der Waals surface area contributed by atoms with E-state index in [4.69, 9.17) is 4.74 Å². The van der Waals surface area contributed by atoms with Crippen LogP contribution < -0.4 is 10.1 Å². The third kappa shape index (κ3) is 4.11. The van der Waals surface area contributed by atoms with Crippen LogP contribution in [0.25, 0.3) is 11.3 Å². The highest BCUT2D eigenvalue weighted by atomic mass is 19.4. The third-order valence-electron chi connectivity index (χ3n) is 6.15. The second-order valence-electron chi connectivity index (χ2n) is 7.95. The van der Waals surface area contributed by atoms with E-state index in [2.05, 4.69) is 10.3 Å². The second kappa shape index (κ2) is 7.72. The minimum atomic E-state index is -4.16. The van der Waals surface area contributed by atoms with Crippen molar-refractivity contribution in [3.63, 3.8) is 0 Å². The van der Waals surface area contributed by atoms with Crippen LogP contribution in [0.5, 0.6) is 5.75 Å². The standard InChI is InChI=1S/C21H24F3N3O2/c1-13(21(22,23)24)14-2-5-16(6-3-14)26-20(28)15-4-7-19-17(10-15)18-11-25-12-27(18)8-9-29-19/h4,7,10-14,16H,2-3,5-6,8-9H2,1H3,(H,26,28). The maximum atomic E-state index is 12.9. The maximum absolute atomic E-state index is 12.9. The number of nitrogens with one attached hydrogen (secondary N) is 1. The number of carbonyl (C=O) groups is 1. The van der Waals surface area contributed by atoms with E-state index < -0.39 is 12.1 Å². The Hall–Kier alpha value is -2.51. The highest BCUT2D eigenvalue weighted by molar-refractivity contribution is 5.96. The lowest BCUT2D eigenvalue weighted by Crippen LogP contribution is -2.40. The molecule has 4 rings (SSSR count). The van der Waals surface area contributed by atoms with Gasteiger partial charge in [0.15, 0.2) is 0 Å². The Balaban J connectivity index is 1.42. The number of fused-ring (bicyclic) bond motifs is 3. The first-order valence-electron chi connectivity index (χ1n) is 9.98. The van der Waals surface area contributed by atoms with E-state index >= 15 is 0 Å². The van der Waals surface area contributed by atoms with Crippen LogP contribution in [-0.2, 0) is 6.54 Å². The normalized spacial score (nSPS) is 22.6. The third-order valence-corrected chi connectivity index (χ3v) is 6.15. The average molecular weight is 407 g/mol. The van der Waals surface area contributed by atoms with Gasteiger partial charge in [-0.3, -0.25) is 4.79 Å². The summed E-state index contributed by atoms with van der Waals surface area (Å²) < 4.78 is 46.5. The summed E-state index contributed by atoms with van der Waals surface area (Å²) in [7, 11) is 0. The molecule has 1 N–H and O–H groups in total. The molecule has 1 aliphatic carbocycles. The van der Waals surface area contributed by atoms with Crippen LogP contribution in [0, 0.1) is 11.8 Å². The SMILES string of the molecule is CC(C1CCC(NC(=O)c2ccc3c(c2)-c2cncn2CCO3)CC1)C(F)(F)F. The first-order valence-corrected chi connectivity index (χ1v) is 9.98. The second-order valence-corrected chi connectivity index (χ2v) is 7.95. The number of halogens is 3. The van der Waals surface area contributed by atoms with Crippen molar-refractivity contribution in [1.29, 1.82) is 0 Å². The molecule has 0 bridgehead atoms. The number of nitrogens with zero attached hydrogens (tertiary/aromatic N) is 2. The number of carbonyl (C=O) groups excluding carboxylic acids is 1. The van der Waals surface area contributed by atoms with Crippen LogP contribution in [0.1, 0.15) is 43.0 Å². The van der Waals surface area contributed by atoms with Crippen molar-refractivity contribution in [1.82, 2.24) is 14.9 Å². The number of benzene rings is 1. The van der Waals surface area contributed by atoms with Gasteiger partial charge in [-0.25, -0.2) is 4.98 Å². The summed E-state index contributed by atoms with van der Waals surface area (Å²) in [4.78, 5) is 16.9. The molecule has 0 spiro atoms. The smallest absolute Gasteiger partial charge is 0.391 e. The zero-order chi connectivity index (χ0) is 20.6. The molecule has 0 saturated heterocycles. The van der Waals surface area contributed by atoms with Crippen molar-refractivity contribution < 1.29 is 22.7 Å². The molecule has 1 saturated carbocycles. The summed E-state index contributed by atoms with van der Waals surface area (Å²) in [5.74, 6) is -1.17. The van der Waals surface area contributed by atoms with Crippen molar-refractivity contribution in [3.05, 3.63) is 36.3 Å². The minimum absolute atomic E-state index is 0.0974. The fraction of sp³-hybridized carbons (Fsp3) is 0.524. The molecule has 2 heterocycles. The Bertz CT molecular complexity index is 886. The number of imidazole rings is 1. The van der Waals surface area contributed by atoms with Gasteiger partial charge in [-0.2, -0.15) is 13.2 Å². The first kappa shape index (κ1) is 19.8. The molecule has 5 nitrogen and oxygen atoms in total. The monoisotopic (exact) mass is 407 g/mol. The molecule has 8 heteroatoms. The highest BCUT2D eigenvalue weighted by Crippen LogP contribution is 2.39. The van der Waals surface area contributed by atoms with Crippen molar-refractivity contribution in [2.24, 2.45) is 11.8 Å². The molecule has 29 heavy (non-hydrogen) atoms. The van der Waals surface area contributed by atoms with Gasteiger partial charge in [-0.15, -0.1) is 0 Å². The highest BCUT2D eigenvalue weighted by Gasteiger charge is 2.42. The predicted molar refractivity (Wildman–Crippen MR) is 102 cm³/mol. The average Bonchev–Trinajstić information content (AvgIpc) is 3.09. The Kier molecular flexibility index (Phi) is 5.27. The summed E-state index contributed by atoms with van der Waals surface area (Å²) in [5, 5.41) is 2.99. The topological polar surface area (TPSA) is 56.2 Å². The van der Waals surface area contributed by atoms with Gasteiger partial charge in [-0.05, 0) is 49.8 Å². The van der Waals surface area contributed by atoms with Crippen molar-refractivity contribution in [2.45, 2.75) is 51.4 Å². The Labute approximate surface area is 167 Å². The Morgan fingerprint density at radius 2 is 2.03 bits per heavy atom. The summed E-state index contributed by atoms with van der Waals surface area (Å²) in [6.45, 7) is 2.47. The lowest BCUT2D eigenvalue weighted by Gasteiger charge is -2.33. The number of amides is 1. The van der Waals surface area contributed by atoms with Gasteiger partial charge in [0.2, 0.25) is 0 Å². The quantitative estimate of drug-likeness (QED) is 0.819. The van der Waals surface area contributed by atoms with Crippen LogP contribution in [0.3, 0.4) is 0 Å². The van der Waals surface area contributed by atoms with Gasteiger partial charge in [0, 0.05) is 17.2 Å². The van der Waals surface area contributed by atoms with Crippen LogP contribution in [-0.4, -0.2) is 34.3 Å². The maximum Gasteiger partial charge on any atom is 0.391 e. The molecule has 1 unspecified atom stereocenters. The van der Waals surface area contributed by atoms with E-state index in [0.717, 1.165) is 11.3 Å². The number of hydrogen-bond acceptors (Lipinski definition) is 3. The van der Waals surface area contributed by atoms with E-state index in [9.17, 15) is 18.0 Å². The summed E-state index contributed by atoms with van der Waals surface area (Å²) in [6, 6.07) is 5.20. The number of alkyl halides is 3. The summed E-state index contributed by atoms with van der Waals surface area (Å²) in [5.41, 5.74) is 2.22. The molecule has 1 aromatic heterocycles. The van der Waals surface area contributed by atoms with Crippen LogP contribution in [0.2, 0.25) is 0 Å². The number of aromatic nitrogens is 2. The van der Waals surface area contributed by atoms with Gasteiger partial charge in [-0.1, -0.05) is 6.92 Å². The molecule has 2 aliphatic rings. The Morgan fingerprint density at radius 3 is 2.76 bits per heavy atom. The van der Waals surface area contributed by atoms with Crippen molar-refractivity contribution >= 4 is 5.91 Å². The molecule has 1 amide bonds. The lowest BCUT2D eigenvalue weighted by atomic mass is 9.78. The van der Waals surface area contributed by atoms with E-state index in [1.165, 1.54) is 6.92 Å². The largest absolute Gasteiger partial charge is 0.491 e. The van der Waals surface area contributed by atoms with E-state index in [1.54, 1.807) is 30.7 Å². The first-order chi connectivity index (χ1) is 13.8. The molecule has 1 atom stereocenters. The van der Waals surface area contributed by atoms with Crippen molar-refractivity contribution in [2.75, 3.05) is 6.61 Å². The Morgan fingerprint density at radius 1 is 1.28 bits per heavy atom. The van der Waals surface area contributed by atoms with E-state index in [-0.39, 0.29) is 17.9 Å². The van der Waals surface area contributed by atoms with Gasteiger partial charge in [0.05, 0.1) is 30.7 Å². The van der Waals surface area contributed by atoms with E-state index in [0.29, 0.717) is 50.1 Å². The number of rotatable bonds is 3. The zero-order valence-electron chi connectivity index (χ0n) is 16.2. The fourth-order valence-corrected chi connectivity index (χ4v) is 4.27. The lowest BCUT2D eigenvalue weighted by molar-refractivity contribution is -0.186. The molecule has 1 aromatic carbocycles. The zero-order valence-corrected chi connectivity index (χ0v) is 16.2. The summed E-state index contributed by atoms with van der Waals surface area (Å²) >= 11 is 0. The fourth-order valence-electron chi connectivity index (χ4n) is 4.27. The van der Waals surface area contributed by atoms with Crippen LogP contribution in [0.4, 0.5) is 13.2 Å². The number of hydrogen-bond donors (Lipinski definition) is 1. The van der Waals surface area contributed by atoms with Gasteiger partial charge < -0.3 is 14.6 Å². The van der Waals surface area contributed by atoms with E-state index in [1.807, 2.05) is 4.57 Å². The molecule has 1 aliphatic heterocycles. The summed E-state index contributed by atoms with van der Waals surface area (Å²) in [6.07, 6.45) is 1.41. The number of ether oxygens (including phenoxy) is 1. The predicted octanol–water partition coefficient (Wildman–Crippen LogP) is 4.43. The molecule has 1 fully saturated rings. The van der Waals surface area contributed by atoms with Gasteiger partial charge >= 0.3 is 6.18 Å². The molecule has 2 aromatic rings. The van der Waals surface area contributed by atoms with Crippen molar-refractivity contribution in [3.8, 4) is 17.0 Å². The molecule has 0 radical (unpaired) electrons.